The van der Waals surface area contributed by atoms with Crippen LogP contribution in [0, 0.1) is 11.7 Å². The number of aliphatic carboxylic acids is 1. The van der Waals surface area contributed by atoms with Gasteiger partial charge in [0.25, 0.3) is 0 Å². The highest BCUT2D eigenvalue weighted by Gasteiger charge is 2.45. The maximum atomic E-state index is 13.6. The SMILES string of the molecule is COc1ccc(CN(C(=O)OCc2ccccc2)C2CCC(C(=O)O)C2c2ccc(F)cc2)cc1. The number of amides is 1. The molecular formula is C28H28FNO5. The van der Waals surface area contributed by atoms with Crippen LogP contribution in [0.3, 0.4) is 0 Å². The minimum absolute atomic E-state index is 0.106. The molecule has 1 fully saturated rings. The monoisotopic (exact) mass is 477 g/mol. The van der Waals surface area contributed by atoms with Crippen molar-refractivity contribution in [3.8, 4) is 5.75 Å². The van der Waals surface area contributed by atoms with Gasteiger partial charge in [0.15, 0.2) is 0 Å². The molecule has 1 amide bonds. The van der Waals surface area contributed by atoms with Crippen molar-refractivity contribution in [2.75, 3.05) is 7.11 Å². The van der Waals surface area contributed by atoms with Gasteiger partial charge in [0.2, 0.25) is 0 Å². The third-order valence-electron chi connectivity index (χ3n) is 6.55. The number of rotatable bonds is 8. The van der Waals surface area contributed by atoms with Gasteiger partial charge >= 0.3 is 12.1 Å². The van der Waals surface area contributed by atoms with Crippen molar-refractivity contribution in [3.05, 3.63) is 101 Å². The van der Waals surface area contributed by atoms with Gasteiger partial charge in [0, 0.05) is 18.5 Å². The van der Waals surface area contributed by atoms with Gasteiger partial charge in [-0.05, 0) is 53.8 Å². The molecule has 1 aliphatic rings. The van der Waals surface area contributed by atoms with Crippen molar-refractivity contribution in [1.29, 1.82) is 0 Å². The van der Waals surface area contributed by atoms with Gasteiger partial charge in [-0.15, -0.1) is 0 Å². The molecule has 3 unspecified atom stereocenters. The molecule has 3 atom stereocenters. The molecule has 0 saturated heterocycles. The van der Waals surface area contributed by atoms with E-state index >= 15 is 0 Å². The fourth-order valence-electron chi connectivity index (χ4n) is 4.79. The van der Waals surface area contributed by atoms with Crippen molar-refractivity contribution in [1.82, 2.24) is 4.90 Å². The van der Waals surface area contributed by atoms with Gasteiger partial charge in [0.05, 0.1) is 13.0 Å². The second kappa shape index (κ2) is 11.0. The number of carboxylic acids is 1. The molecule has 0 aliphatic heterocycles. The van der Waals surface area contributed by atoms with Gasteiger partial charge in [-0.3, -0.25) is 4.79 Å². The van der Waals surface area contributed by atoms with Gasteiger partial charge < -0.3 is 19.5 Å². The number of halogens is 1. The number of carbonyl (C=O) groups is 2. The summed E-state index contributed by atoms with van der Waals surface area (Å²) >= 11 is 0. The Bertz CT molecular complexity index is 1130. The Hall–Kier alpha value is -3.87. The van der Waals surface area contributed by atoms with Crippen molar-refractivity contribution < 1.29 is 28.6 Å². The van der Waals surface area contributed by atoms with Crippen LogP contribution < -0.4 is 4.74 Å². The third kappa shape index (κ3) is 5.80. The first kappa shape index (κ1) is 24.3. The average Bonchev–Trinajstić information content (AvgIpc) is 3.32. The Balaban J connectivity index is 1.64. The molecule has 6 nitrogen and oxygen atoms in total. The maximum Gasteiger partial charge on any atom is 0.410 e. The summed E-state index contributed by atoms with van der Waals surface area (Å²) in [6.45, 7) is 0.349. The van der Waals surface area contributed by atoms with E-state index in [9.17, 15) is 19.1 Å². The van der Waals surface area contributed by atoms with Crippen LogP contribution in [0.2, 0.25) is 0 Å². The van der Waals surface area contributed by atoms with Crippen molar-refractivity contribution in [3.63, 3.8) is 0 Å². The summed E-state index contributed by atoms with van der Waals surface area (Å²) in [5.74, 6) is -1.80. The van der Waals surface area contributed by atoms with Crippen molar-refractivity contribution in [2.24, 2.45) is 5.92 Å². The highest BCUT2D eigenvalue weighted by atomic mass is 19.1. The molecule has 0 heterocycles. The molecular weight excluding hydrogens is 449 g/mol. The largest absolute Gasteiger partial charge is 0.497 e. The molecule has 1 saturated carbocycles. The van der Waals surface area contributed by atoms with E-state index in [2.05, 4.69) is 0 Å². The summed E-state index contributed by atoms with van der Waals surface area (Å²) in [7, 11) is 1.58. The van der Waals surface area contributed by atoms with Crippen LogP contribution in [0.4, 0.5) is 9.18 Å². The molecule has 0 radical (unpaired) electrons. The predicted molar refractivity (Wildman–Crippen MR) is 128 cm³/mol. The lowest BCUT2D eigenvalue weighted by molar-refractivity contribution is -0.142. The number of nitrogens with zero attached hydrogens (tertiary/aromatic N) is 1. The van der Waals surface area contributed by atoms with Crippen LogP contribution in [0.15, 0.2) is 78.9 Å². The first-order valence-electron chi connectivity index (χ1n) is 11.5. The topological polar surface area (TPSA) is 76.1 Å². The number of hydrogen-bond donors (Lipinski definition) is 1. The van der Waals surface area contributed by atoms with Crippen LogP contribution in [0.25, 0.3) is 0 Å². The van der Waals surface area contributed by atoms with Crippen molar-refractivity contribution in [2.45, 2.75) is 38.0 Å². The zero-order valence-electron chi connectivity index (χ0n) is 19.5. The van der Waals surface area contributed by atoms with Gasteiger partial charge in [-0.1, -0.05) is 54.6 Å². The van der Waals surface area contributed by atoms with E-state index in [0.717, 1.165) is 11.1 Å². The Morgan fingerprint density at radius 3 is 2.26 bits per heavy atom. The summed E-state index contributed by atoms with van der Waals surface area (Å²) in [5.41, 5.74) is 2.41. The molecule has 3 aromatic carbocycles. The number of ether oxygens (including phenoxy) is 2. The molecule has 1 aliphatic carbocycles. The Kier molecular flexibility index (Phi) is 7.65. The number of carboxylic acid groups (broad SMARTS) is 1. The molecule has 0 spiro atoms. The summed E-state index contributed by atoms with van der Waals surface area (Å²) in [4.78, 5) is 27.1. The summed E-state index contributed by atoms with van der Waals surface area (Å²) in [6, 6.07) is 22.2. The molecule has 1 N–H and O–H groups in total. The lowest BCUT2D eigenvalue weighted by Crippen LogP contribution is -2.42. The number of methoxy groups -OCH3 is 1. The average molecular weight is 478 g/mol. The Morgan fingerprint density at radius 2 is 1.63 bits per heavy atom. The molecule has 7 heteroatoms. The smallest absolute Gasteiger partial charge is 0.410 e. The van der Waals surface area contributed by atoms with Crippen LogP contribution in [-0.2, 0) is 22.7 Å². The normalized spacial score (nSPS) is 19.2. The van der Waals surface area contributed by atoms with E-state index < -0.39 is 35.8 Å². The minimum atomic E-state index is -0.927. The number of carbonyl (C=O) groups excluding carboxylic acids is 1. The molecule has 182 valence electrons. The Labute approximate surface area is 203 Å². The van der Waals surface area contributed by atoms with Crippen LogP contribution in [0.5, 0.6) is 5.75 Å². The van der Waals surface area contributed by atoms with E-state index in [1.807, 2.05) is 54.6 Å². The van der Waals surface area contributed by atoms with E-state index in [4.69, 9.17) is 9.47 Å². The zero-order chi connectivity index (χ0) is 24.8. The Morgan fingerprint density at radius 1 is 0.943 bits per heavy atom. The lowest BCUT2D eigenvalue weighted by atomic mass is 9.86. The van der Waals surface area contributed by atoms with Crippen LogP contribution in [0.1, 0.15) is 35.4 Å². The van der Waals surface area contributed by atoms with Gasteiger partial charge in [-0.25, -0.2) is 9.18 Å². The summed E-state index contributed by atoms with van der Waals surface area (Å²) < 4.78 is 24.5. The first-order valence-corrected chi connectivity index (χ1v) is 11.5. The molecule has 4 rings (SSSR count). The maximum absolute atomic E-state index is 13.6. The number of hydrogen-bond acceptors (Lipinski definition) is 4. The minimum Gasteiger partial charge on any atom is -0.497 e. The quantitative estimate of drug-likeness (QED) is 0.456. The van der Waals surface area contributed by atoms with Gasteiger partial charge in [0.1, 0.15) is 18.2 Å². The summed E-state index contributed by atoms with van der Waals surface area (Å²) in [6.07, 6.45) is 0.385. The molecule has 3 aromatic rings. The third-order valence-corrected chi connectivity index (χ3v) is 6.55. The fourth-order valence-corrected chi connectivity index (χ4v) is 4.79. The fraction of sp³-hybridized carbons (Fsp3) is 0.286. The molecule has 0 aromatic heterocycles. The van der Waals surface area contributed by atoms with E-state index in [1.54, 1.807) is 24.1 Å². The molecule has 35 heavy (non-hydrogen) atoms. The zero-order valence-corrected chi connectivity index (χ0v) is 19.5. The standard InChI is InChI=1S/C28H28FNO5/c1-34-23-13-7-19(8-14-23)17-30(28(33)35-18-20-5-3-2-4-6-20)25-16-15-24(27(31)32)26(25)21-9-11-22(29)12-10-21/h2-14,24-26H,15-18H2,1H3,(H,31,32). The lowest BCUT2D eigenvalue weighted by Gasteiger charge is -2.34. The predicted octanol–water partition coefficient (Wildman–Crippen LogP) is 5.62. The highest BCUT2D eigenvalue weighted by Crippen LogP contribution is 2.43. The van der Waals surface area contributed by atoms with E-state index in [-0.39, 0.29) is 13.2 Å². The number of benzene rings is 3. The van der Waals surface area contributed by atoms with Crippen molar-refractivity contribution >= 4 is 12.1 Å². The van der Waals surface area contributed by atoms with Crippen LogP contribution in [-0.4, -0.2) is 35.2 Å². The second-order valence-corrected chi connectivity index (χ2v) is 8.68. The molecule has 0 bridgehead atoms. The second-order valence-electron chi connectivity index (χ2n) is 8.68. The van der Waals surface area contributed by atoms with E-state index in [1.165, 1.54) is 12.1 Å². The summed E-state index contributed by atoms with van der Waals surface area (Å²) in [5, 5.41) is 9.91. The first-order chi connectivity index (χ1) is 17.0. The highest BCUT2D eigenvalue weighted by molar-refractivity contribution is 5.73. The van der Waals surface area contributed by atoms with Gasteiger partial charge in [-0.2, -0.15) is 0 Å². The van der Waals surface area contributed by atoms with E-state index in [0.29, 0.717) is 24.2 Å². The van der Waals surface area contributed by atoms with Crippen LogP contribution >= 0.6 is 0 Å².